The Hall–Kier alpha value is -2.28. The third-order valence-corrected chi connectivity index (χ3v) is 6.85. The minimum Gasteiger partial charge on any atom is -0.481 e. The van der Waals surface area contributed by atoms with Gasteiger partial charge in [0.2, 0.25) is 11.8 Å². The fraction of sp³-hybridized carbons (Fsp3) is 0.846. The molecule has 1 rings (SSSR count). The summed E-state index contributed by atoms with van der Waals surface area (Å²) in [6.45, 7) is 10.8. The number of aliphatic hydroxyl groups excluding tert-OH is 1. The molecule has 0 spiro atoms. The molecular weight excluding hydrogens is 496 g/mol. The van der Waals surface area contributed by atoms with Crippen molar-refractivity contribution in [2.45, 2.75) is 97.2 Å². The van der Waals surface area contributed by atoms with E-state index in [1.165, 1.54) is 4.90 Å². The molecule has 0 radical (unpaired) electrons. The summed E-state index contributed by atoms with van der Waals surface area (Å²) in [6, 6.07) is -2.16. The SMILES string of the molecule is CCC(CC(=O)O)OC(=O)[C@@H](NC[C@@H](CC(C)C)NC(=O)[C@H](CC(O)O)N1CCN(C)CC1=O)C(C)CC. The average molecular weight is 545 g/mol. The second-order valence-corrected chi connectivity index (χ2v) is 10.7. The number of carboxylic acids is 1. The molecule has 5 N–H and O–H groups in total. The molecule has 0 aliphatic carbocycles. The number of nitrogens with zero attached hydrogens (tertiary/aromatic N) is 2. The first-order valence-electron chi connectivity index (χ1n) is 13.6. The Kier molecular flexibility index (Phi) is 14.8. The van der Waals surface area contributed by atoms with Crippen LogP contribution in [-0.2, 0) is 23.9 Å². The maximum absolute atomic E-state index is 13.3. The maximum atomic E-state index is 13.3. The van der Waals surface area contributed by atoms with Crippen LogP contribution in [0.5, 0.6) is 0 Å². The van der Waals surface area contributed by atoms with E-state index in [9.17, 15) is 29.4 Å². The van der Waals surface area contributed by atoms with Gasteiger partial charge in [0.05, 0.1) is 13.0 Å². The number of amides is 2. The fourth-order valence-electron chi connectivity index (χ4n) is 4.49. The van der Waals surface area contributed by atoms with Crippen molar-refractivity contribution in [2.24, 2.45) is 11.8 Å². The normalized spacial score (nSPS) is 18.7. The molecule has 0 bridgehead atoms. The van der Waals surface area contributed by atoms with Crippen molar-refractivity contribution in [3.8, 4) is 0 Å². The molecule has 38 heavy (non-hydrogen) atoms. The summed E-state index contributed by atoms with van der Waals surface area (Å²) in [4.78, 5) is 53.3. The van der Waals surface area contributed by atoms with Crippen LogP contribution in [-0.4, -0.2) is 113 Å². The largest absolute Gasteiger partial charge is 0.481 e. The highest BCUT2D eigenvalue weighted by atomic mass is 16.5. The van der Waals surface area contributed by atoms with Gasteiger partial charge in [-0.15, -0.1) is 0 Å². The average Bonchev–Trinajstić information content (AvgIpc) is 2.81. The molecule has 1 aliphatic rings. The van der Waals surface area contributed by atoms with E-state index in [1.54, 1.807) is 14.0 Å². The lowest BCUT2D eigenvalue weighted by molar-refractivity contribution is -0.156. The Morgan fingerprint density at radius 2 is 1.71 bits per heavy atom. The van der Waals surface area contributed by atoms with Crippen LogP contribution in [0.3, 0.4) is 0 Å². The number of aliphatic hydroxyl groups is 2. The van der Waals surface area contributed by atoms with Gasteiger partial charge >= 0.3 is 11.9 Å². The minimum absolute atomic E-state index is 0.111. The lowest BCUT2D eigenvalue weighted by Crippen LogP contribution is -2.60. The minimum atomic E-state index is -1.76. The number of carbonyl (C=O) groups is 4. The van der Waals surface area contributed by atoms with E-state index < -0.39 is 48.4 Å². The molecule has 220 valence electrons. The lowest BCUT2D eigenvalue weighted by Gasteiger charge is -2.38. The molecule has 1 heterocycles. The van der Waals surface area contributed by atoms with Crippen LogP contribution in [0.4, 0.5) is 0 Å². The van der Waals surface area contributed by atoms with Crippen molar-refractivity contribution in [2.75, 3.05) is 33.2 Å². The number of esters is 1. The number of rotatable bonds is 17. The summed E-state index contributed by atoms with van der Waals surface area (Å²) in [6.07, 6.45) is -1.46. The summed E-state index contributed by atoms with van der Waals surface area (Å²) in [5.41, 5.74) is 0. The van der Waals surface area contributed by atoms with E-state index in [2.05, 4.69) is 10.6 Å². The van der Waals surface area contributed by atoms with E-state index in [0.717, 1.165) is 0 Å². The summed E-state index contributed by atoms with van der Waals surface area (Å²) in [5, 5.41) is 34.5. The summed E-state index contributed by atoms with van der Waals surface area (Å²) in [5.74, 6) is -2.24. The van der Waals surface area contributed by atoms with Crippen molar-refractivity contribution in [3.05, 3.63) is 0 Å². The van der Waals surface area contributed by atoms with Crippen molar-refractivity contribution >= 4 is 23.8 Å². The number of nitrogens with one attached hydrogen (secondary N) is 2. The van der Waals surface area contributed by atoms with Crippen molar-refractivity contribution in [1.29, 1.82) is 0 Å². The summed E-state index contributed by atoms with van der Waals surface area (Å²) < 4.78 is 5.50. The molecule has 0 saturated carbocycles. The number of likely N-dealkylation sites (N-methyl/N-ethyl adjacent to an activating group) is 1. The third-order valence-electron chi connectivity index (χ3n) is 6.85. The first-order valence-corrected chi connectivity index (χ1v) is 13.6. The summed E-state index contributed by atoms with van der Waals surface area (Å²) >= 11 is 0. The lowest BCUT2D eigenvalue weighted by atomic mass is 9.97. The predicted octanol–water partition coefficient (Wildman–Crippen LogP) is 0.162. The van der Waals surface area contributed by atoms with Crippen LogP contribution < -0.4 is 10.6 Å². The van der Waals surface area contributed by atoms with Crippen LogP contribution in [0.15, 0.2) is 0 Å². The van der Waals surface area contributed by atoms with Gasteiger partial charge in [-0.1, -0.05) is 41.0 Å². The van der Waals surface area contributed by atoms with E-state index in [1.807, 2.05) is 32.6 Å². The number of carbonyl (C=O) groups excluding carboxylic acids is 3. The standard InChI is InChI=1S/C26H48N4O8/c1-7-17(5)24(26(37)38-19(8-2)12-22(32)33)27-14-18(11-16(3)4)28-25(36)20(13-23(34)35)30-10-9-29(6)15-21(30)31/h16-20,23-24,27,34-35H,7-15H2,1-6H3,(H,28,36)(H,32,33)/t17?,18-,19?,20+,24+/m1/s1. The first kappa shape index (κ1) is 33.7. The monoisotopic (exact) mass is 544 g/mol. The van der Waals surface area contributed by atoms with Crippen LogP contribution >= 0.6 is 0 Å². The molecule has 12 heteroatoms. The highest BCUT2D eigenvalue weighted by Gasteiger charge is 2.35. The number of piperazine rings is 1. The van der Waals surface area contributed by atoms with Crippen LogP contribution in [0.2, 0.25) is 0 Å². The van der Waals surface area contributed by atoms with Crippen LogP contribution in [0.1, 0.15) is 66.7 Å². The highest BCUT2D eigenvalue weighted by molar-refractivity contribution is 5.89. The Bertz CT molecular complexity index is 778. The second kappa shape index (κ2) is 16.6. The van der Waals surface area contributed by atoms with Crippen molar-refractivity contribution < 1.29 is 39.2 Å². The molecule has 2 unspecified atom stereocenters. The van der Waals surface area contributed by atoms with Crippen LogP contribution in [0.25, 0.3) is 0 Å². The quantitative estimate of drug-likeness (QED) is 0.126. The Labute approximate surface area is 226 Å². The Balaban J connectivity index is 3.01. The topological polar surface area (TPSA) is 169 Å². The fourth-order valence-corrected chi connectivity index (χ4v) is 4.49. The van der Waals surface area contributed by atoms with Gasteiger partial charge in [0.25, 0.3) is 0 Å². The zero-order valence-corrected chi connectivity index (χ0v) is 23.7. The first-order chi connectivity index (χ1) is 17.8. The Morgan fingerprint density at radius 1 is 1.05 bits per heavy atom. The highest BCUT2D eigenvalue weighted by Crippen LogP contribution is 2.16. The molecule has 0 aromatic rings. The number of hydrogen-bond donors (Lipinski definition) is 5. The molecule has 0 aromatic heterocycles. The van der Waals surface area contributed by atoms with Gasteiger partial charge in [0.1, 0.15) is 18.2 Å². The summed E-state index contributed by atoms with van der Waals surface area (Å²) in [7, 11) is 1.80. The van der Waals surface area contributed by atoms with Gasteiger partial charge in [-0.2, -0.15) is 0 Å². The number of ether oxygens (including phenoxy) is 1. The molecule has 5 atom stereocenters. The molecular formula is C26H48N4O8. The zero-order chi connectivity index (χ0) is 29.0. The number of aliphatic carboxylic acids is 1. The van der Waals surface area contributed by atoms with E-state index in [0.29, 0.717) is 32.4 Å². The number of hydrogen-bond acceptors (Lipinski definition) is 9. The molecule has 1 fully saturated rings. The number of carboxylic acid groups (broad SMARTS) is 1. The molecule has 12 nitrogen and oxygen atoms in total. The second-order valence-electron chi connectivity index (χ2n) is 10.7. The zero-order valence-electron chi connectivity index (χ0n) is 23.7. The van der Waals surface area contributed by atoms with E-state index in [4.69, 9.17) is 9.84 Å². The van der Waals surface area contributed by atoms with Gasteiger partial charge in [0.15, 0.2) is 6.29 Å². The predicted molar refractivity (Wildman–Crippen MR) is 141 cm³/mol. The molecule has 1 aliphatic heterocycles. The third kappa shape index (κ3) is 11.6. The molecule has 2 amide bonds. The Morgan fingerprint density at radius 3 is 2.21 bits per heavy atom. The molecule has 1 saturated heterocycles. The van der Waals surface area contributed by atoms with Crippen molar-refractivity contribution in [3.63, 3.8) is 0 Å². The maximum Gasteiger partial charge on any atom is 0.323 e. The van der Waals surface area contributed by atoms with Gasteiger partial charge in [-0.25, -0.2) is 0 Å². The molecule has 0 aromatic carbocycles. The van der Waals surface area contributed by atoms with Gasteiger partial charge < -0.3 is 35.6 Å². The van der Waals surface area contributed by atoms with Crippen molar-refractivity contribution in [1.82, 2.24) is 20.4 Å². The van der Waals surface area contributed by atoms with Gasteiger partial charge in [-0.05, 0) is 31.7 Å². The van der Waals surface area contributed by atoms with Crippen LogP contribution in [0, 0.1) is 11.8 Å². The van der Waals surface area contributed by atoms with E-state index >= 15 is 0 Å². The van der Waals surface area contributed by atoms with Gasteiger partial charge in [0, 0.05) is 32.1 Å². The smallest absolute Gasteiger partial charge is 0.323 e. The van der Waals surface area contributed by atoms with Gasteiger partial charge in [-0.3, -0.25) is 24.1 Å². The van der Waals surface area contributed by atoms with E-state index in [-0.39, 0.29) is 43.7 Å².